The lowest BCUT2D eigenvalue weighted by molar-refractivity contribution is -0.116. The fourth-order valence-corrected chi connectivity index (χ4v) is 5.43. The van der Waals surface area contributed by atoms with Crippen LogP contribution in [0.3, 0.4) is 0 Å². The lowest BCUT2D eigenvalue weighted by Crippen LogP contribution is -2.28. The second-order valence-electron chi connectivity index (χ2n) is 6.74. The van der Waals surface area contributed by atoms with Crippen molar-refractivity contribution in [2.24, 2.45) is 0 Å². The molecular weight excluding hydrogens is 432 g/mol. The molecule has 2 amide bonds. The Labute approximate surface area is 179 Å². The number of rotatable bonds is 6. The summed E-state index contributed by atoms with van der Waals surface area (Å²) in [6, 6.07) is 9.73. The van der Waals surface area contributed by atoms with Crippen LogP contribution in [0, 0.1) is 6.92 Å². The number of aryl methyl sites for hydroxylation is 1. The normalized spacial score (nSPS) is 16.1. The molecule has 0 unspecified atom stereocenters. The van der Waals surface area contributed by atoms with Crippen LogP contribution in [0.5, 0.6) is 0 Å². The smallest absolute Gasteiger partial charge is 0.237 e. The first kappa shape index (κ1) is 21.7. The predicted molar refractivity (Wildman–Crippen MR) is 116 cm³/mol. The molecule has 9 heteroatoms. The third-order valence-electron chi connectivity index (χ3n) is 4.56. The number of anilines is 2. The topological polar surface area (TPSA) is 92.3 Å². The maximum Gasteiger partial charge on any atom is 0.237 e. The van der Waals surface area contributed by atoms with Gasteiger partial charge in [0.25, 0.3) is 0 Å². The molecule has 1 heterocycles. The summed E-state index contributed by atoms with van der Waals surface area (Å²) in [5, 5.41) is 5.86. The van der Waals surface area contributed by atoms with Crippen molar-refractivity contribution in [3.63, 3.8) is 0 Å². The zero-order valence-corrected chi connectivity index (χ0v) is 18.4. The highest BCUT2D eigenvalue weighted by molar-refractivity contribution is 8.01. The summed E-state index contributed by atoms with van der Waals surface area (Å²) in [5.74, 6) is -0.855. The molecule has 1 atom stereocenters. The number of halogens is 1. The third-order valence-corrected chi connectivity index (χ3v) is 7.95. The van der Waals surface area contributed by atoms with E-state index in [1.54, 1.807) is 31.2 Å². The van der Waals surface area contributed by atoms with Gasteiger partial charge in [0.1, 0.15) is 0 Å². The van der Waals surface area contributed by atoms with Gasteiger partial charge in [0.05, 0.1) is 21.6 Å². The Kier molecular flexibility index (Phi) is 6.55. The van der Waals surface area contributed by atoms with Gasteiger partial charge in [-0.05, 0) is 55.3 Å². The van der Waals surface area contributed by atoms with E-state index < -0.39 is 15.7 Å². The summed E-state index contributed by atoms with van der Waals surface area (Å²) in [6.45, 7) is 3.73. The van der Waals surface area contributed by atoms with Crippen LogP contribution < -0.4 is 10.6 Å². The molecule has 0 aliphatic carbocycles. The van der Waals surface area contributed by atoms with Gasteiger partial charge in [-0.3, -0.25) is 9.59 Å². The minimum Gasteiger partial charge on any atom is -0.326 e. The minimum atomic E-state index is -3.68. The molecule has 0 aromatic heterocycles. The number of nitrogens with one attached hydrogen (secondary N) is 2. The molecule has 29 heavy (non-hydrogen) atoms. The number of hydrogen-bond donors (Lipinski definition) is 2. The number of fused-ring (bicyclic) bond motifs is 1. The Balaban J connectivity index is 1.67. The lowest BCUT2D eigenvalue weighted by Gasteiger charge is -2.23. The summed E-state index contributed by atoms with van der Waals surface area (Å²) in [4.78, 5) is 25.2. The number of benzene rings is 2. The molecule has 0 radical (unpaired) electrons. The van der Waals surface area contributed by atoms with E-state index in [2.05, 4.69) is 10.6 Å². The SMILES string of the molecule is CC[C@H]1Sc2ccc(S(=O)(=O)CCC(=O)Nc3ccc(Cl)cc3C)cc2NC1=O. The molecule has 6 nitrogen and oxygen atoms in total. The monoisotopic (exact) mass is 452 g/mol. The van der Waals surface area contributed by atoms with Crippen molar-refractivity contribution < 1.29 is 18.0 Å². The summed E-state index contributed by atoms with van der Waals surface area (Å²) >= 11 is 7.32. The van der Waals surface area contributed by atoms with E-state index in [4.69, 9.17) is 11.6 Å². The number of thioether (sulfide) groups is 1. The minimum absolute atomic E-state index is 0.0857. The van der Waals surface area contributed by atoms with E-state index in [9.17, 15) is 18.0 Å². The molecule has 3 rings (SSSR count). The van der Waals surface area contributed by atoms with Gasteiger partial charge in [0.15, 0.2) is 9.84 Å². The van der Waals surface area contributed by atoms with Crippen molar-refractivity contribution in [2.75, 3.05) is 16.4 Å². The van der Waals surface area contributed by atoms with Crippen molar-refractivity contribution in [1.29, 1.82) is 0 Å². The second kappa shape index (κ2) is 8.77. The quantitative estimate of drug-likeness (QED) is 0.682. The van der Waals surface area contributed by atoms with Gasteiger partial charge >= 0.3 is 0 Å². The van der Waals surface area contributed by atoms with Gasteiger partial charge in [0.2, 0.25) is 11.8 Å². The van der Waals surface area contributed by atoms with E-state index in [1.165, 1.54) is 23.9 Å². The first-order valence-corrected chi connectivity index (χ1v) is 12.0. The van der Waals surface area contributed by atoms with Gasteiger partial charge in [-0.1, -0.05) is 18.5 Å². The highest BCUT2D eigenvalue weighted by Crippen LogP contribution is 2.38. The highest BCUT2D eigenvalue weighted by Gasteiger charge is 2.27. The maximum absolute atomic E-state index is 12.7. The Morgan fingerprint density at radius 3 is 2.69 bits per heavy atom. The number of amides is 2. The zero-order chi connectivity index (χ0) is 21.2. The maximum atomic E-state index is 12.7. The largest absolute Gasteiger partial charge is 0.326 e. The first-order chi connectivity index (χ1) is 13.7. The van der Waals surface area contributed by atoms with Gasteiger partial charge in [-0.25, -0.2) is 8.42 Å². The number of sulfone groups is 1. The number of carbonyl (C=O) groups is 2. The highest BCUT2D eigenvalue weighted by atomic mass is 35.5. The second-order valence-corrected chi connectivity index (χ2v) is 10.5. The first-order valence-electron chi connectivity index (χ1n) is 9.10. The average Bonchev–Trinajstić information content (AvgIpc) is 2.67. The van der Waals surface area contributed by atoms with Crippen LogP contribution in [-0.2, 0) is 19.4 Å². The van der Waals surface area contributed by atoms with E-state index in [0.29, 0.717) is 22.8 Å². The predicted octanol–water partition coefficient (Wildman–Crippen LogP) is 4.27. The Morgan fingerprint density at radius 2 is 2.00 bits per heavy atom. The van der Waals surface area contributed by atoms with Gasteiger partial charge < -0.3 is 10.6 Å². The summed E-state index contributed by atoms with van der Waals surface area (Å²) < 4.78 is 25.3. The van der Waals surface area contributed by atoms with Crippen LogP contribution in [-0.4, -0.2) is 31.2 Å². The summed E-state index contributed by atoms with van der Waals surface area (Å²) in [5.41, 5.74) is 1.88. The van der Waals surface area contributed by atoms with Gasteiger partial charge in [0, 0.05) is 22.0 Å². The average molecular weight is 453 g/mol. The molecule has 0 saturated heterocycles. The molecule has 2 aromatic rings. The molecule has 0 bridgehead atoms. The Morgan fingerprint density at radius 1 is 1.24 bits per heavy atom. The van der Waals surface area contributed by atoms with E-state index in [-0.39, 0.29) is 28.2 Å². The van der Waals surface area contributed by atoms with Crippen molar-refractivity contribution in [3.8, 4) is 0 Å². The van der Waals surface area contributed by atoms with E-state index in [1.807, 2.05) is 6.92 Å². The number of carbonyl (C=O) groups excluding carboxylic acids is 2. The van der Waals surface area contributed by atoms with E-state index >= 15 is 0 Å². The van der Waals surface area contributed by atoms with Crippen molar-refractivity contribution >= 4 is 56.4 Å². The van der Waals surface area contributed by atoms with Crippen LogP contribution in [0.4, 0.5) is 11.4 Å². The summed E-state index contributed by atoms with van der Waals surface area (Å²) in [6.07, 6.45) is 0.513. The van der Waals surface area contributed by atoms with Crippen LogP contribution >= 0.6 is 23.4 Å². The fourth-order valence-electron chi connectivity index (χ4n) is 2.92. The van der Waals surface area contributed by atoms with Crippen LogP contribution in [0.2, 0.25) is 5.02 Å². The van der Waals surface area contributed by atoms with Crippen molar-refractivity contribution in [3.05, 3.63) is 47.0 Å². The molecule has 1 aliphatic heterocycles. The van der Waals surface area contributed by atoms with Crippen LogP contribution in [0.25, 0.3) is 0 Å². The van der Waals surface area contributed by atoms with Gasteiger partial charge in [-0.15, -0.1) is 11.8 Å². The molecule has 1 aliphatic rings. The van der Waals surface area contributed by atoms with Crippen LogP contribution in [0.15, 0.2) is 46.2 Å². The summed E-state index contributed by atoms with van der Waals surface area (Å²) in [7, 11) is -3.68. The zero-order valence-electron chi connectivity index (χ0n) is 16.0. The Hall–Kier alpha value is -2.03. The molecule has 0 saturated carbocycles. The number of hydrogen-bond acceptors (Lipinski definition) is 5. The van der Waals surface area contributed by atoms with Crippen LogP contribution in [0.1, 0.15) is 25.3 Å². The lowest BCUT2D eigenvalue weighted by atomic mass is 10.2. The Bertz CT molecular complexity index is 1070. The third kappa shape index (κ3) is 5.12. The molecular formula is C20H21ClN2O4S2. The van der Waals surface area contributed by atoms with Crippen molar-refractivity contribution in [1.82, 2.24) is 0 Å². The standard InChI is InChI=1S/C20H21ClN2O4S2/c1-3-17-20(25)23-16-11-14(5-7-18(16)28-17)29(26,27)9-8-19(24)22-15-6-4-13(21)10-12(15)2/h4-7,10-11,17H,3,8-9H2,1-2H3,(H,22,24)(H,23,25)/t17-/m1/s1. The molecule has 0 fully saturated rings. The molecule has 2 aromatic carbocycles. The van der Waals surface area contributed by atoms with Gasteiger partial charge in [-0.2, -0.15) is 0 Å². The fraction of sp³-hybridized carbons (Fsp3) is 0.300. The van der Waals surface area contributed by atoms with E-state index in [0.717, 1.165) is 10.5 Å². The molecule has 2 N–H and O–H groups in total. The van der Waals surface area contributed by atoms with Crippen molar-refractivity contribution in [2.45, 2.75) is 41.7 Å². The molecule has 154 valence electrons. The molecule has 0 spiro atoms.